The summed E-state index contributed by atoms with van der Waals surface area (Å²) >= 11 is 3.33. The summed E-state index contributed by atoms with van der Waals surface area (Å²) in [5, 5.41) is 0.814. The first-order chi connectivity index (χ1) is 9.01. The summed E-state index contributed by atoms with van der Waals surface area (Å²) in [6, 6.07) is 0.0240. The molecule has 7 heteroatoms. The summed E-state index contributed by atoms with van der Waals surface area (Å²) < 4.78 is 26.9. The van der Waals surface area contributed by atoms with Gasteiger partial charge in [0.05, 0.1) is 6.20 Å². The van der Waals surface area contributed by atoms with E-state index in [9.17, 15) is 8.42 Å². The Balaban J connectivity index is 3.11. The molecule has 1 aromatic heterocycles. The standard InChI is InChI=1S/C12H22BrN3O2S/c1-4-10(5-2)16(8-7-13)19(17,18)12-9-14-11(6-3)15-12/h9-10H,4-8H2,1-3H3,(H,14,15). The highest BCUT2D eigenvalue weighted by atomic mass is 79.9. The van der Waals surface area contributed by atoms with E-state index in [2.05, 4.69) is 25.9 Å². The molecule has 0 amide bonds. The zero-order valence-electron chi connectivity index (χ0n) is 11.7. The van der Waals surface area contributed by atoms with E-state index in [-0.39, 0.29) is 11.1 Å². The lowest BCUT2D eigenvalue weighted by molar-refractivity contribution is 0.316. The number of nitrogens with one attached hydrogen (secondary N) is 1. The van der Waals surface area contributed by atoms with Gasteiger partial charge in [-0.2, -0.15) is 4.31 Å². The first-order valence-corrected chi connectivity index (χ1v) is 9.19. The van der Waals surface area contributed by atoms with Gasteiger partial charge in [-0.1, -0.05) is 36.7 Å². The maximum Gasteiger partial charge on any atom is 0.260 e. The van der Waals surface area contributed by atoms with Gasteiger partial charge in [0.15, 0.2) is 5.03 Å². The Morgan fingerprint density at radius 1 is 1.37 bits per heavy atom. The van der Waals surface area contributed by atoms with Gasteiger partial charge in [0.2, 0.25) is 0 Å². The minimum atomic E-state index is -3.49. The number of aryl methyl sites for hydroxylation is 1. The fourth-order valence-electron chi connectivity index (χ4n) is 2.06. The second-order valence-electron chi connectivity index (χ2n) is 4.32. The van der Waals surface area contributed by atoms with Crippen LogP contribution in [-0.4, -0.2) is 40.6 Å². The Labute approximate surface area is 124 Å². The molecule has 0 fully saturated rings. The summed E-state index contributed by atoms with van der Waals surface area (Å²) in [6.07, 6.45) is 3.71. The molecule has 1 N–H and O–H groups in total. The van der Waals surface area contributed by atoms with Crippen LogP contribution < -0.4 is 0 Å². The third-order valence-electron chi connectivity index (χ3n) is 3.18. The average Bonchev–Trinajstić information content (AvgIpc) is 2.88. The van der Waals surface area contributed by atoms with E-state index < -0.39 is 10.0 Å². The van der Waals surface area contributed by atoms with Crippen molar-refractivity contribution in [3.8, 4) is 0 Å². The molecule has 0 unspecified atom stereocenters. The number of H-pyrrole nitrogens is 1. The quantitative estimate of drug-likeness (QED) is 0.731. The monoisotopic (exact) mass is 351 g/mol. The average molecular weight is 352 g/mol. The maximum atomic E-state index is 12.6. The van der Waals surface area contributed by atoms with Gasteiger partial charge in [-0.25, -0.2) is 13.4 Å². The number of aromatic nitrogens is 2. The molecule has 0 spiro atoms. The Bertz CT molecular complexity index is 483. The molecule has 1 rings (SSSR count). The number of aromatic amines is 1. The predicted octanol–water partition coefficient (Wildman–Crippen LogP) is 2.55. The molecule has 0 saturated carbocycles. The lowest BCUT2D eigenvalue weighted by Gasteiger charge is -2.28. The first-order valence-electron chi connectivity index (χ1n) is 6.62. The lowest BCUT2D eigenvalue weighted by atomic mass is 10.2. The van der Waals surface area contributed by atoms with Crippen molar-refractivity contribution in [2.75, 3.05) is 11.9 Å². The van der Waals surface area contributed by atoms with E-state index in [1.165, 1.54) is 6.20 Å². The molecular weight excluding hydrogens is 330 g/mol. The second kappa shape index (κ2) is 7.40. The Hall–Kier alpha value is -0.400. The van der Waals surface area contributed by atoms with Gasteiger partial charge in [0, 0.05) is 24.3 Å². The molecule has 0 radical (unpaired) electrons. The van der Waals surface area contributed by atoms with E-state index in [1.807, 2.05) is 20.8 Å². The summed E-state index contributed by atoms with van der Waals surface area (Å²) in [6.45, 7) is 6.42. The third kappa shape index (κ3) is 3.79. The molecule has 1 heterocycles. The van der Waals surface area contributed by atoms with Crippen LogP contribution in [0.2, 0.25) is 0 Å². The van der Waals surface area contributed by atoms with E-state index in [1.54, 1.807) is 4.31 Å². The summed E-state index contributed by atoms with van der Waals surface area (Å²) in [5.41, 5.74) is 0. The SMILES string of the molecule is CCc1ncc(S(=O)(=O)N(CCBr)C(CC)CC)[nH]1. The summed E-state index contributed by atoms with van der Waals surface area (Å²) in [7, 11) is -3.49. The van der Waals surface area contributed by atoms with Crippen LogP contribution in [0.4, 0.5) is 0 Å². The maximum absolute atomic E-state index is 12.6. The number of rotatable bonds is 8. The summed E-state index contributed by atoms with van der Waals surface area (Å²) in [5.74, 6) is 0.696. The van der Waals surface area contributed by atoms with Gasteiger partial charge in [-0.05, 0) is 12.8 Å². The topological polar surface area (TPSA) is 66.1 Å². The number of halogens is 1. The molecule has 0 aliphatic carbocycles. The van der Waals surface area contributed by atoms with Crippen molar-refractivity contribution in [2.24, 2.45) is 0 Å². The fraction of sp³-hybridized carbons (Fsp3) is 0.750. The molecule has 110 valence electrons. The largest absolute Gasteiger partial charge is 0.332 e. The van der Waals surface area contributed by atoms with Crippen LogP contribution in [0.5, 0.6) is 0 Å². The lowest BCUT2D eigenvalue weighted by Crippen LogP contribution is -2.41. The zero-order valence-corrected chi connectivity index (χ0v) is 14.1. The molecule has 0 saturated heterocycles. The number of alkyl halides is 1. The minimum absolute atomic E-state index is 0.0240. The van der Waals surface area contributed by atoms with Crippen molar-refractivity contribution in [1.29, 1.82) is 0 Å². The van der Waals surface area contributed by atoms with Crippen LogP contribution in [0, 0.1) is 0 Å². The van der Waals surface area contributed by atoms with Crippen LogP contribution >= 0.6 is 15.9 Å². The van der Waals surface area contributed by atoms with Gasteiger partial charge in [0.25, 0.3) is 10.0 Å². The van der Waals surface area contributed by atoms with Gasteiger partial charge in [-0.15, -0.1) is 0 Å². The highest BCUT2D eigenvalue weighted by Gasteiger charge is 2.30. The number of imidazole rings is 1. The fourth-order valence-corrected chi connectivity index (χ4v) is 4.38. The highest BCUT2D eigenvalue weighted by Crippen LogP contribution is 2.20. The predicted molar refractivity (Wildman–Crippen MR) is 80.0 cm³/mol. The smallest absolute Gasteiger partial charge is 0.260 e. The van der Waals surface area contributed by atoms with Crippen LogP contribution in [0.3, 0.4) is 0 Å². The third-order valence-corrected chi connectivity index (χ3v) is 5.40. The van der Waals surface area contributed by atoms with Crippen molar-refractivity contribution in [3.05, 3.63) is 12.0 Å². The van der Waals surface area contributed by atoms with E-state index >= 15 is 0 Å². The Morgan fingerprint density at radius 3 is 2.42 bits per heavy atom. The Morgan fingerprint density at radius 2 is 2.00 bits per heavy atom. The van der Waals surface area contributed by atoms with Crippen LogP contribution in [0.25, 0.3) is 0 Å². The number of hydrogen-bond donors (Lipinski definition) is 1. The molecule has 0 aliphatic heterocycles. The van der Waals surface area contributed by atoms with Crippen molar-refractivity contribution >= 4 is 26.0 Å². The number of sulfonamides is 1. The van der Waals surface area contributed by atoms with Gasteiger partial charge >= 0.3 is 0 Å². The summed E-state index contributed by atoms with van der Waals surface area (Å²) in [4.78, 5) is 6.97. The molecule has 5 nitrogen and oxygen atoms in total. The molecule has 0 atom stereocenters. The van der Waals surface area contributed by atoms with E-state index in [0.717, 1.165) is 12.8 Å². The van der Waals surface area contributed by atoms with E-state index in [4.69, 9.17) is 0 Å². The Kier molecular flexibility index (Phi) is 6.49. The van der Waals surface area contributed by atoms with E-state index in [0.29, 0.717) is 24.1 Å². The van der Waals surface area contributed by atoms with Crippen molar-refractivity contribution in [1.82, 2.24) is 14.3 Å². The van der Waals surface area contributed by atoms with Gasteiger partial charge in [0.1, 0.15) is 5.82 Å². The molecule has 1 aromatic rings. The molecule has 0 aliphatic rings. The van der Waals surface area contributed by atoms with Crippen LogP contribution in [0.1, 0.15) is 39.4 Å². The molecule has 0 aromatic carbocycles. The normalized spacial score (nSPS) is 12.5. The van der Waals surface area contributed by atoms with Crippen LogP contribution in [-0.2, 0) is 16.4 Å². The van der Waals surface area contributed by atoms with Crippen molar-refractivity contribution in [3.63, 3.8) is 0 Å². The number of nitrogens with zero attached hydrogens (tertiary/aromatic N) is 2. The minimum Gasteiger partial charge on any atom is -0.332 e. The first kappa shape index (κ1) is 16.7. The van der Waals surface area contributed by atoms with Gasteiger partial charge in [-0.3, -0.25) is 0 Å². The number of hydrogen-bond acceptors (Lipinski definition) is 3. The van der Waals surface area contributed by atoms with Crippen molar-refractivity contribution < 1.29 is 8.42 Å². The zero-order chi connectivity index (χ0) is 14.5. The highest BCUT2D eigenvalue weighted by molar-refractivity contribution is 9.09. The van der Waals surface area contributed by atoms with Crippen molar-refractivity contribution in [2.45, 2.75) is 51.1 Å². The van der Waals surface area contributed by atoms with Crippen LogP contribution in [0.15, 0.2) is 11.2 Å². The molecular formula is C12H22BrN3O2S. The van der Waals surface area contributed by atoms with Gasteiger partial charge < -0.3 is 4.98 Å². The second-order valence-corrected chi connectivity index (χ2v) is 6.97. The molecule has 19 heavy (non-hydrogen) atoms. The molecule has 0 bridgehead atoms.